The number of carbonyl (C=O) groups excluding carboxylic acids is 2. The van der Waals surface area contributed by atoms with Crippen LogP contribution in [0.25, 0.3) is 11.3 Å². The van der Waals surface area contributed by atoms with Gasteiger partial charge in [0.2, 0.25) is 0 Å². The number of halogens is 1. The summed E-state index contributed by atoms with van der Waals surface area (Å²) in [4.78, 5) is 25.8. The lowest BCUT2D eigenvalue weighted by atomic mass is 10.1. The van der Waals surface area contributed by atoms with Crippen LogP contribution in [0.15, 0.2) is 60.7 Å². The largest absolute Gasteiger partial charge is 0.451 e. The third-order valence-electron chi connectivity index (χ3n) is 3.95. The number of hydrogen-bond donors (Lipinski definition) is 1. The zero-order valence-electron chi connectivity index (χ0n) is 14.7. The van der Waals surface area contributed by atoms with Gasteiger partial charge in [0, 0.05) is 24.2 Å². The lowest BCUT2D eigenvalue weighted by Crippen LogP contribution is -2.30. The van der Waals surface area contributed by atoms with Crippen molar-refractivity contribution in [1.82, 2.24) is 15.1 Å². The molecule has 6 nitrogen and oxygen atoms in total. The van der Waals surface area contributed by atoms with Crippen molar-refractivity contribution in [3.8, 4) is 11.3 Å². The molecule has 1 aromatic heterocycles. The van der Waals surface area contributed by atoms with E-state index in [9.17, 15) is 9.59 Å². The Hall–Kier alpha value is -3.12. The molecule has 7 heteroatoms. The highest BCUT2D eigenvalue weighted by Crippen LogP contribution is 2.17. The van der Waals surface area contributed by atoms with E-state index in [1.807, 2.05) is 42.5 Å². The third kappa shape index (κ3) is 4.95. The molecule has 0 radical (unpaired) electrons. The molecule has 0 unspecified atom stereocenters. The molecule has 0 aliphatic heterocycles. The molecule has 1 N–H and O–H groups in total. The lowest BCUT2D eigenvalue weighted by molar-refractivity contribution is -0.133. The van der Waals surface area contributed by atoms with Gasteiger partial charge in [-0.2, -0.15) is 5.10 Å². The molecule has 0 saturated heterocycles. The Morgan fingerprint density at radius 3 is 2.52 bits per heavy atom. The summed E-state index contributed by atoms with van der Waals surface area (Å²) >= 11 is 5.85. The fourth-order valence-electron chi connectivity index (χ4n) is 2.45. The highest BCUT2D eigenvalue weighted by Gasteiger charge is 2.16. The van der Waals surface area contributed by atoms with Gasteiger partial charge in [-0.1, -0.05) is 54.1 Å². The smallest absolute Gasteiger partial charge is 0.356 e. The van der Waals surface area contributed by atoms with Gasteiger partial charge in [0.05, 0.1) is 5.69 Å². The SMILES string of the molecule is CN(Cc1ccc(Cl)cc1)C(=O)COC(=O)c1cc(-c2ccccc2)n[nH]1. The summed E-state index contributed by atoms with van der Waals surface area (Å²) in [5, 5.41) is 7.38. The van der Waals surface area contributed by atoms with Gasteiger partial charge < -0.3 is 9.64 Å². The standard InChI is InChI=1S/C20H18ClN3O3/c1-24(12-14-7-9-16(21)10-8-14)19(25)13-27-20(26)18-11-17(22-23-18)15-5-3-2-4-6-15/h2-11H,12-13H2,1H3,(H,22,23). The van der Waals surface area contributed by atoms with Gasteiger partial charge in [-0.05, 0) is 23.8 Å². The summed E-state index contributed by atoms with van der Waals surface area (Å²) in [5.41, 5.74) is 2.64. The van der Waals surface area contributed by atoms with Crippen molar-refractivity contribution >= 4 is 23.5 Å². The van der Waals surface area contributed by atoms with E-state index in [1.165, 1.54) is 4.90 Å². The number of esters is 1. The Morgan fingerprint density at radius 2 is 1.81 bits per heavy atom. The molecule has 27 heavy (non-hydrogen) atoms. The third-order valence-corrected chi connectivity index (χ3v) is 4.20. The molecule has 0 aliphatic carbocycles. The van der Waals surface area contributed by atoms with E-state index in [4.69, 9.17) is 16.3 Å². The lowest BCUT2D eigenvalue weighted by Gasteiger charge is -2.17. The second-order valence-electron chi connectivity index (χ2n) is 5.99. The molecule has 138 valence electrons. The topological polar surface area (TPSA) is 75.3 Å². The molecule has 0 bridgehead atoms. The molecule has 3 aromatic rings. The van der Waals surface area contributed by atoms with Gasteiger partial charge in [0.25, 0.3) is 5.91 Å². The first-order valence-electron chi connectivity index (χ1n) is 8.29. The van der Waals surface area contributed by atoms with Gasteiger partial charge in [-0.15, -0.1) is 0 Å². The average Bonchev–Trinajstić information content (AvgIpc) is 3.18. The summed E-state index contributed by atoms with van der Waals surface area (Å²) in [7, 11) is 1.65. The number of rotatable bonds is 6. The molecule has 3 rings (SSSR count). The van der Waals surface area contributed by atoms with Crippen LogP contribution in [-0.4, -0.2) is 40.6 Å². The first-order chi connectivity index (χ1) is 13.0. The van der Waals surface area contributed by atoms with Gasteiger partial charge in [-0.25, -0.2) is 4.79 Å². The number of nitrogens with zero attached hydrogens (tertiary/aromatic N) is 2. The Balaban J connectivity index is 1.53. The Bertz CT molecular complexity index is 923. The van der Waals surface area contributed by atoms with Crippen molar-refractivity contribution in [3.63, 3.8) is 0 Å². The maximum atomic E-state index is 12.2. The van der Waals surface area contributed by atoms with Crippen molar-refractivity contribution in [2.24, 2.45) is 0 Å². The van der Waals surface area contributed by atoms with E-state index in [0.717, 1.165) is 11.1 Å². The molecule has 0 atom stereocenters. The minimum Gasteiger partial charge on any atom is -0.451 e. The zero-order valence-corrected chi connectivity index (χ0v) is 15.4. The van der Waals surface area contributed by atoms with Crippen molar-refractivity contribution in [1.29, 1.82) is 0 Å². The number of benzene rings is 2. The van der Waals surface area contributed by atoms with Crippen LogP contribution < -0.4 is 0 Å². The van der Waals surface area contributed by atoms with E-state index in [-0.39, 0.29) is 18.2 Å². The first kappa shape index (κ1) is 18.7. The number of aromatic nitrogens is 2. The summed E-state index contributed by atoms with van der Waals surface area (Å²) in [6.45, 7) is 0.0539. The molecule has 0 fully saturated rings. The Morgan fingerprint density at radius 1 is 1.11 bits per heavy atom. The number of hydrogen-bond acceptors (Lipinski definition) is 4. The molecule has 0 aliphatic rings. The Labute approximate surface area is 161 Å². The maximum Gasteiger partial charge on any atom is 0.356 e. The quantitative estimate of drug-likeness (QED) is 0.660. The maximum absolute atomic E-state index is 12.2. The van der Waals surface area contributed by atoms with Crippen LogP contribution in [0.3, 0.4) is 0 Å². The van der Waals surface area contributed by atoms with Crippen LogP contribution in [0.1, 0.15) is 16.1 Å². The van der Waals surface area contributed by atoms with Crippen LogP contribution in [-0.2, 0) is 16.1 Å². The highest BCUT2D eigenvalue weighted by atomic mass is 35.5. The molecule has 1 amide bonds. The molecular weight excluding hydrogens is 366 g/mol. The molecule has 1 heterocycles. The first-order valence-corrected chi connectivity index (χ1v) is 8.67. The van der Waals surface area contributed by atoms with Crippen molar-refractivity contribution in [2.75, 3.05) is 13.7 Å². The highest BCUT2D eigenvalue weighted by molar-refractivity contribution is 6.30. The fraction of sp³-hybridized carbons (Fsp3) is 0.150. The van der Waals surface area contributed by atoms with Crippen molar-refractivity contribution in [2.45, 2.75) is 6.54 Å². The van der Waals surface area contributed by atoms with E-state index in [0.29, 0.717) is 17.3 Å². The molecule has 0 saturated carbocycles. The van der Waals surface area contributed by atoms with Crippen molar-refractivity contribution < 1.29 is 14.3 Å². The van der Waals surface area contributed by atoms with Gasteiger partial charge in [0.1, 0.15) is 5.69 Å². The normalized spacial score (nSPS) is 10.4. The minimum atomic E-state index is -0.627. The second-order valence-corrected chi connectivity index (χ2v) is 6.42. The summed E-state index contributed by atoms with van der Waals surface area (Å²) < 4.78 is 5.09. The number of likely N-dealkylation sites (N-methyl/N-ethyl adjacent to an activating group) is 1. The number of aromatic amines is 1. The van der Waals surface area contributed by atoms with Crippen LogP contribution in [0.5, 0.6) is 0 Å². The number of amides is 1. The van der Waals surface area contributed by atoms with E-state index in [2.05, 4.69) is 10.2 Å². The monoisotopic (exact) mass is 383 g/mol. The van der Waals surface area contributed by atoms with Gasteiger partial charge >= 0.3 is 5.97 Å². The summed E-state index contributed by atoms with van der Waals surface area (Å²) in [6, 6.07) is 18.3. The van der Waals surface area contributed by atoms with Crippen LogP contribution in [0.2, 0.25) is 5.02 Å². The fourth-order valence-corrected chi connectivity index (χ4v) is 2.58. The van der Waals surface area contributed by atoms with Crippen LogP contribution in [0, 0.1) is 0 Å². The van der Waals surface area contributed by atoms with Gasteiger partial charge in [-0.3, -0.25) is 9.89 Å². The number of nitrogens with one attached hydrogen (secondary N) is 1. The number of carbonyl (C=O) groups is 2. The summed E-state index contributed by atoms with van der Waals surface area (Å²) in [6.07, 6.45) is 0. The minimum absolute atomic E-state index is 0.196. The van der Waals surface area contributed by atoms with E-state index in [1.54, 1.807) is 25.2 Å². The zero-order chi connectivity index (χ0) is 19.2. The van der Waals surface area contributed by atoms with Gasteiger partial charge in [0.15, 0.2) is 6.61 Å². The Kier molecular flexibility index (Phi) is 5.88. The molecule has 0 spiro atoms. The van der Waals surface area contributed by atoms with Crippen LogP contribution in [0.4, 0.5) is 0 Å². The van der Waals surface area contributed by atoms with Crippen molar-refractivity contribution in [3.05, 3.63) is 76.9 Å². The number of H-pyrrole nitrogens is 1. The average molecular weight is 384 g/mol. The summed E-state index contributed by atoms with van der Waals surface area (Å²) in [5.74, 6) is -0.931. The van der Waals surface area contributed by atoms with E-state index >= 15 is 0 Å². The molecular formula is C20H18ClN3O3. The predicted octanol–water partition coefficient (Wildman–Crippen LogP) is 3.55. The number of ether oxygens (including phenoxy) is 1. The predicted molar refractivity (Wildman–Crippen MR) is 102 cm³/mol. The second kappa shape index (κ2) is 8.51. The van der Waals surface area contributed by atoms with E-state index < -0.39 is 5.97 Å². The molecule has 2 aromatic carbocycles. The van der Waals surface area contributed by atoms with Crippen LogP contribution >= 0.6 is 11.6 Å².